The SMILES string of the molecule is CC(=O)N(CC(=O)N1CCN(c2ncccn2)CC1)c1ccc(F)cc1F. The number of nitrogens with zero attached hydrogens (tertiary/aromatic N) is 5. The molecule has 142 valence electrons. The summed E-state index contributed by atoms with van der Waals surface area (Å²) in [5.41, 5.74) is -0.117. The molecule has 1 saturated heterocycles. The van der Waals surface area contributed by atoms with Gasteiger partial charge in [0.15, 0.2) is 0 Å². The Morgan fingerprint density at radius 2 is 1.78 bits per heavy atom. The lowest BCUT2D eigenvalue weighted by molar-refractivity contribution is -0.131. The summed E-state index contributed by atoms with van der Waals surface area (Å²) in [5.74, 6) is -1.83. The van der Waals surface area contributed by atoms with Gasteiger partial charge in [0.25, 0.3) is 0 Å². The van der Waals surface area contributed by atoms with Gasteiger partial charge >= 0.3 is 0 Å². The van der Waals surface area contributed by atoms with Crippen LogP contribution in [0.1, 0.15) is 6.92 Å². The third-order valence-electron chi connectivity index (χ3n) is 4.34. The number of hydrogen-bond acceptors (Lipinski definition) is 5. The summed E-state index contributed by atoms with van der Waals surface area (Å²) in [6, 6.07) is 4.63. The van der Waals surface area contributed by atoms with Crippen LogP contribution in [-0.4, -0.2) is 59.4 Å². The predicted octanol–water partition coefficient (Wildman–Crippen LogP) is 1.46. The molecule has 9 heteroatoms. The second-order valence-corrected chi connectivity index (χ2v) is 6.12. The van der Waals surface area contributed by atoms with E-state index in [0.29, 0.717) is 38.2 Å². The van der Waals surface area contributed by atoms with Gasteiger partial charge in [0.2, 0.25) is 17.8 Å². The molecule has 2 aromatic rings. The van der Waals surface area contributed by atoms with Gasteiger partial charge < -0.3 is 14.7 Å². The van der Waals surface area contributed by atoms with Gasteiger partial charge in [-0.05, 0) is 18.2 Å². The smallest absolute Gasteiger partial charge is 0.242 e. The molecule has 0 bridgehead atoms. The van der Waals surface area contributed by atoms with Gasteiger partial charge in [-0.15, -0.1) is 0 Å². The molecule has 0 unspecified atom stereocenters. The Morgan fingerprint density at radius 3 is 2.37 bits per heavy atom. The first-order valence-corrected chi connectivity index (χ1v) is 8.48. The van der Waals surface area contributed by atoms with Crippen molar-refractivity contribution in [2.24, 2.45) is 0 Å². The van der Waals surface area contributed by atoms with Crippen molar-refractivity contribution in [2.75, 3.05) is 42.5 Å². The molecule has 0 radical (unpaired) electrons. The summed E-state index contributed by atoms with van der Waals surface area (Å²) < 4.78 is 27.1. The van der Waals surface area contributed by atoms with Gasteiger partial charge in [0.1, 0.15) is 18.2 Å². The van der Waals surface area contributed by atoms with Crippen molar-refractivity contribution >= 4 is 23.5 Å². The number of halogens is 2. The average Bonchev–Trinajstić information content (AvgIpc) is 2.67. The molecule has 2 heterocycles. The highest BCUT2D eigenvalue weighted by Crippen LogP contribution is 2.21. The van der Waals surface area contributed by atoms with E-state index in [1.807, 2.05) is 4.90 Å². The molecule has 1 aliphatic rings. The lowest BCUT2D eigenvalue weighted by Crippen LogP contribution is -2.52. The van der Waals surface area contributed by atoms with Crippen LogP contribution in [0.25, 0.3) is 0 Å². The molecule has 1 fully saturated rings. The number of carbonyl (C=O) groups is 2. The minimum absolute atomic E-state index is 0.117. The lowest BCUT2D eigenvalue weighted by Gasteiger charge is -2.35. The zero-order valence-corrected chi connectivity index (χ0v) is 14.8. The molecule has 0 atom stereocenters. The third-order valence-corrected chi connectivity index (χ3v) is 4.34. The molecule has 1 aromatic carbocycles. The van der Waals surface area contributed by atoms with Gasteiger partial charge in [0, 0.05) is 51.6 Å². The maximum Gasteiger partial charge on any atom is 0.242 e. The molecule has 7 nitrogen and oxygen atoms in total. The average molecular weight is 375 g/mol. The monoisotopic (exact) mass is 375 g/mol. The van der Waals surface area contributed by atoms with Crippen LogP contribution in [0.2, 0.25) is 0 Å². The highest BCUT2D eigenvalue weighted by molar-refractivity contribution is 5.97. The summed E-state index contributed by atoms with van der Waals surface area (Å²) in [5, 5.41) is 0. The van der Waals surface area contributed by atoms with E-state index < -0.39 is 17.5 Å². The summed E-state index contributed by atoms with van der Waals surface area (Å²) in [7, 11) is 0. The molecule has 0 spiro atoms. The van der Waals surface area contributed by atoms with Crippen LogP contribution in [0.3, 0.4) is 0 Å². The number of rotatable bonds is 4. The maximum atomic E-state index is 14.0. The second kappa shape index (κ2) is 8.07. The van der Waals surface area contributed by atoms with Crippen LogP contribution in [0.5, 0.6) is 0 Å². The zero-order valence-electron chi connectivity index (χ0n) is 14.8. The summed E-state index contributed by atoms with van der Waals surface area (Å²) in [4.78, 5) is 37.5. The highest BCUT2D eigenvalue weighted by Gasteiger charge is 2.26. The molecule has 0 aliphatic carbocycles. The molecule has 1 aromatic heterocycles. The predicted molar refractivity (Wildman–Crippen MR) is 95.2 cm³/mol. The fourth-order valence-corrected chi connectivity index (χ4v) is 2.91. The van der Waals surface area contributed by atoms with E-state index in [4.69, 9.17) is 0 Å². The normalized spacial score (nSPS) is 14.2. The number of anilines is 2. The standard InChI is InChI=1S/C18H19F2N5O2/c1-13(26)25(16-4-3-14(19)11-15(16)20)12-17(27)23-7-9-24(10-8-23)18-21-5-2-6-22-18/h2-6,11H,7-10,12H2,1H3. The lowest BCUT2D eigenvalue weighted by atomic mass is 10.2. The highest BCUT2D eigenvalue weighted by atomic mass is 19.1. The summed E-state index contributed by atoms with van der Waals surface area (Å²) >= 11 is 0. The number of aromatic nitrogens is 2. The minimum Gasteiger partial charge on any atom is -0.338 e. The maximum absolute atomic E-state index is 14.0. The minimum atomic E-state index is -0.885. The number of benzene rings is 1. The van der Waals surface area contributed by atoms with Crippen molar-refractivity contribution in [1.82, 2.24) is 14.9 Å². The van der Waals surface area contributed by atoms with Crippen LogP contribution in [0, 0.1) is 11.6 Å². The van der Waals surface area contributed by atoms with Crippen LogP contribution < -0.4 is 9.80 Å². The topological polar surface area (TPSA) is 69.6 Å². The van der Waals surface area contributed by atoms with E-state index >= 15 is 0 Å². The summed E-state index contributed by atoms with van der Waals surface area (Å²) in [6.07, 6.45) is 3.31. The Morgan fingerprint density at radius 1 is 1.11 bits per heavy atom. The Labute approximate surface area is 155 Å². The largest absolute Gasteiger partial charge is 0.338 e. The number of hydrogen-bond donors (Lipinski definition) is 0. The Balaban J connectivity index is 1.64. The molecular weight excluding hydrogens is 356 g/mol. The number of amides is 2. The molecule has 0 saturated carbocycles. The van der Waals surface area contributed by atoms with Gasteiger partial charge in [-0.25, -0.2) is 18.7 Å². The fourth-order valence-electron chi connectivity index (χ4n) is 2.91. The number of piperazine rings is 1. The Bertz CT molecular complexity index is 826. The van der Waals surface area contributed by atoms with Crippen molar-refractivity contribution in [2.45, 2.75) is 6.92 Å². The van der Waals surface area contributed by atoms with Crippen LogP contribution in [-0.2, 0) is 9.59 Å². The van der Waals surface area contributed by atoms with Crippen molar-refractivity contribution in [3.63, 3.8) is 0 Å². The van der Waals surface area contributed by atoms with Crippen LogP contribution >= 0.6 is 0 Å². The second-order valence-electron chi connectivity index (χ2n) is 6.12. The zero-order chi connectivity index (χ0) is 19.4. The van der Waals surface area contributed by atoms with E-state index in [-0.39, 0.29) is 18.1 Å². The first kappa shape index (κ1) is 18.7. The van der Waals surface area contributed by atoms with Crippen molar-refractivity contribution < 1.29 is 18.4 Å². The molecule has 2 amide bonds. The quantitative estimate of drug-likeness (QED) is 0.809. The van der Waals surface area contributed by atoms with Gasteiger partial charge in [0.05, 0.1) is 5.69 Å². The third kappa shape index (κ3) is 4.36. The van der Waals surface area contributed by atoms with Crippen molar-refractivity contribution in [1.29, 1.82) is 0 Å². The van der Waals surface area contributed by atoms with Gasteiger partial charge in [-0.2, -0.15) is 0 Å². The van der Waals surface area contributed by atoms with Crippen molar-refractivity contribution in [3.8, 4) is 0 Å². The van der Waals surface area contributed by atoms with E-state index in [9.17, 15) is 18.4 Å². The van der Waals surface area contributed by atoms with E-state index in [0.717, 1.165) is 17.0 Å². The van der Waals surface area contributed by atoms with Gasteiger partial charge in [-0.1, -0.05) is 0 Å². The van der Waals surface area contributed by atoms with Crippen LogP contribution in [0.15, 0.2) is 36.7 Å². The Kier molecular flexibility index (Phi) is 5.58. The Hall–Kier alpha value is -3.10. The number of carbonyl (C=O) groups excluding carboxylic acids is 2. The van der Waals surface area contributed by atoms with Crippen molar-refractivity contribution in [3.05, 3.63) is 48.3 Å². The molecule has 0 N–H and O–H groups in total. The van der Waals surface area contributed by atoms with E-state index in [1.54, 1.807) is 23.4 Å². The molecule has 27 heavy (non-hydrogen) atoms. The van der Waals surface area contributed by atoms with E-state index in [1.165, 1.54) is 6.92 Å². The molecule has 3 rings (SSSR count). The first-order chi connectivity index (χ1) is 13.0. The molecule has 1 aliphatic heterocycles. The first-order valence-electron chi connectivity index (χ1n) is 8.48. The van der Waals surface area contributed by atoms with Gasteiger partial charge in [-0.3, -0.25) is 9.59 Å². The summed E-state index contributed by atoms with van der Waals surface area (Å²) in [6.45, 7) is 2.92. The van der Waals surface area contributed by atoms with Crippen LogP contribution in [0.4, 0.5) is 20.4 Å². The van der Waals surface area contributed by atoms with E-state index in [2.05, 4.69) is 9.97 Å². The molecular formula is C18H19F2N5O2. The fraction of sp³-hybridized carbons (Fsp3) is 0.333.